The van der Waals surface area contributed by atoms with Gasteiger partial charge in [0.25, 0.3) is 0 Å². The fourth-order valence-electron chi connectivity index (χ4n) is 5.32. The van der Waals surface area contributed by atoms with Crippen molar-refractivity contribution in [3.63, 3.8) is 0 Å². The molecule has 0 aromatic heterocycles. The third kappa shape index (κ3) is 37.2. The molecule has 0 saturated carbocycles. The van der Waals surface area contributed by atoms with E-state index in [1.807, 2.05) is 0 Å². The Balaban J connectivity index is 3.65. The van der Waals surface area contributed by atoms with Gasteiger partial charge < -0.3 is 50.1 Å². The highest BCUT2D eigenvalue weighted by Gasteiger charge is 2.20. The van der Waals surface area contributed by atoms with E-state index in [-0.39, 0.29) is 89.1 Å². The minimum absolute atomic E-state index is 0.00710. The van der Waals surface area contributed by atoms with Gasteiger partial charge in [0, 0.05) is 38.9 Å². The molecule has 0 aromatic carbocycles. The summed E-state index contributed by atoms with van der Waals surface area (Å²) in [5.41, 5.74) is 0. The van der Waals surface area contributed by atoms with Gasteiger partial charge >= 0.3 is 5.97 Å². The van der Waals surface area contributed by atoms with Gasteiger partial charge in [-0.25, -0.2) is 4.79 Å². The zero-order chi connectivity index (χ0) is 39.7. The molecular weight excluding hydrogens is 700 g/mol. The Morgan fingerprint density at radius 3 is 1.44 bits per heavy atom. The Morgan fingerprint density at radius 1 is 0.519 bits per heavy atom. The molecule has 0 heterocycles. The number of unbranched alkanes of at least 4 members (excludes halogenated alkanes) is 15. The summed E-state index contributed by atoms with van der Waals surface area (Å²) in [5.74, 6) is -2.26. The van der Waals surface area contributed by atoms with Crippen molar-refractivity contribution in [2.75, 3.05) is 72.5 Å². The van der Waals surface area contributed by atoms with Crippen LogP contribution in [0.25, 0.3) is 0 Å². The lowest BCUT2D eigenvalue weighted by atomic mass is 10.0. The normalized spacial score (nSPS) is 11.5. The Labute approximate surface area is 323 Å². The number of aliphatic carboxylic acids is 1. The maximum absolute atomic E-state index is 12.3. The lowest BCUT2D eigenvalue weighted by Gasteiger charge is -2.14. The second kappa shape index (κ2) is 39.6. The van der Waals surface area contributed by atoms with Crippen molar-refractivity contribution in [1.29, 1.82) is 0 Å². The molecule has 15 heteroatoms. The first kappa shape index (κ1) is 50.9. The van der Waals surface area contributed by atoms with Crippen molar-refractivity contribution in [3.05, 3.63) is 0 Å². The number of hydrogen-bond donors (Lipinski definition) is 5. The van der Waals surface area contributed by atoms with Crippen molar-refractivity contribution in [1.82, 2.24) is 21.3 Å². The number of aldehydes is 1. The summed E-state index contributed by atoms with van der Waals surface area (Å²) < 4.78 is 21.2. The number of hydrogen-bond acceptors (Lipinski definition) is 10. The van der Waals surface area contributed by atoms with Gasteiger partial charge in [0.15, 0.2) is 0 Å². The molecule has 15 nitrogen and oxygen atoms in total. The van der Waals surface area contributed by atoms with E-state index in [1.54, 1.807) is 0 Å². The number of ether oxygens (including phenoxy) is 4. The van der Waals surface area contributed by atoms with E-state index in [4.69, 9.17) is 18.9 Å². The molecule has 0 aromatic rings. The minimum Gasteiger partial charge on any atom is -0.480 e. The second-order valence-electron chi connectivity index (χ2n) is 13.4. The second-order valence-corrected chi connectivity index (χ2v) is 13.4. The summed E-state index contributed by atoms with van der Waals surface area (Å²) >= 11 is 0. The smallest absolute Gasteiger partial charge is 0.326 e. The number of rotatable bonds is 41. The molecule has 0 radical (unpaired) electrons. The molecule has 0 bridgehead atoms. The summed E-state index contributed by atoms with van der Waals surface area (Å²) in [6.45, 7) is 4.61. The fourth-order valence-corrected chi connectivity index (χ4v) is 5.32. The maximum Gasteiger partial charge on any atom is 0.326 e. The number of carboxylic acid groups (broad SMARTS) is 1. The van der Waals surface area contributed by atoms with Crippen molar-refractivity contribution in [3.8, 4) is 0 Å². The van der Waals surface area contributed by atoms with Crippen LogP contribution in [0.4, 0.5) is 0 Å². The van der Waals surface area contributed by atoms with Gasteiger partial charge in [-0.05, 0) is 25.7 Å². The SMILES string of the molecule is CCCCNC(=O)COCCOCCNC(=O)COCCOCCNC(=O)CC[C@H](NC(=O)CCCCCCCCCCCCCCCCC=O)C(=O)O. The fraction of sp³-hybridized carbons (Fsp3) is 0.846. The molecule has 1 atom stereocenters. The van der Waals surface area contributed by atoms with Gasteiger partial charge in [0.1, 0.15) is 25.5 Å². The molecule has 5 N–H and O–H groups in total. The predicted octanol–water partition coefficient (Wildman–Crippen LogP) is 3.99. The number of carbonyl (C=O) groups is 6. The van der Waals surface area contributed by atoms with E-state index in [2.05, 4.69) is 28.2 Å². The molecule has 0 spiro atoms. The van der Waals surface area contributed by atoms with Gasteiger partial charge in [0.05, 0.1) is 39.6 Å². The van der Waals surface area contributed by atoms with E-state index >= 15 is 0 Å². The van der Waals surface area contributed by atoms with Gasteiger partial charge in [0.2, 0.25) is 23.6 Å². The van der Waals surface area contributed by atoms with Gasteiger partial charge in [-0.3, -0.25) is 19.2 Å². The van der Waals surface area contributed by atoms with E-state index in [1.165, 1.54) is 51.4 Å². The number of carbonyl (C=O) groups excluding carboxylic acids is 5. The first-order valence-electron chi connectivity index (χ1n) is 20.4. The molecule has 0 saturated heterocycles. The van der Waals surface area contributed by atoms with Crippen LogP contribution in [0.2, 0.25) is 0 Å². The highest BCUT2D eigenvalue weighted by molar-refractivity contribution is 5.84. The number of nitrogens with one attached hydrogen (secondary N) is 4. The molecule has 4 amide bonds. The molecule has 314 valence electrons. The first-order chi connectivity index (χ1) is 26.3. The van der Waals surface area contributed by atoms with E-state index in [9.17, 15) is 33.9 Å². The zero-order valence-electron chi connectivity index (χ0n) is 33.1. The summed E-state index contributed by atoms with van der Waals surface area (Å²) in [7, 11) is 0. The van der Waals surface area contributed by atoms with Gasteiger partial charge in [-0.15, -0.1) is 0 Å². The highest BCUT2D eigenvalue weighted by Crippen LogP contribution is 2.14. The van der Waals surface area contributed by atoms with Crippen LogP contribution < -0.4 is 21.3 Å². The predicted molar refractivity (Wildman–Crippen MR) is 206 cm³/mol. The lowest BCUT2D eigenvalue weighted by molar-refractivity contribution is -0.142. The van der Waals surface area contributed by atoms with E-state index in [0.29, 0.717) is 39.1 Å². The summed E-state index contributed by atoms with van der Waals surface area (Å²) in [6, 6.07) is -1.12. The van der Waals surface area contributed by atoms with Crippen molar-refractivity contribution in [2.24, 2.45) is 0 Å². The van der Waals surface area contributed by atoms with Crippen LogP contribution in [0.1, 0.15) is 135 Å². The monoisotopic (exact) mass is 773 g/mol. The lowest BCUT2D eigenvalue weighted by Crippen LogP contribution is -2.41. The first-order valence-corrected chi connectivity index (χ1v) is 20.4. The molecule has 0 unspecified atom stereocenters. The van der Waals surface area contributed by atoms with Crippen molar-refractivity contribution in [2.45, 2.75) is 141 Å². The average molecular weight is 773 g/mol. The maximum atomic E-state index is 12.3. The molecular formula is C39H72N4O11. The van der Waals surface area contributed by atoms with Crippen LogP contribution in [0, 0.1) is 0 Å². The zero-order valence-corrected chi connectivity index (χ0v) is 33.1. The van der Waals surface area contributed by atoms with Crippen LogP contribution in [0.3, 0.4) is 0 Å². The van der Waals surface area contributed by atoms with Gasteiger partial charge in [-0.1, -0.05) is 90.4 Å². The van der Waals surface area contributed by atoms with Crippen LogP contribution in [0.15, 0.2) is 0 Å². The number of amides is 4. The quantitative estimate of drug-likeness (QED) is 0.0444. The number of carboxylic acids is 1. The molecule has 54 heavy (non-hydrogen) atoms. The molecule has 0 aliphatic carbocycles. The third-order valence-electron chi connectivity index (χ3n) is 8.47. The van der Waals surface area contributed by atoms with Crippen molar-refractivity contribution >= 4 is 35.9 Å². The summed E-state index contributed by atoms with van der Waals surface area (Å²) in [6.07, 6.45) is 19.9. The molecule has 0 aliphatic heterocycles. The summed E-state index contributed by atoms with van der Waals surface area (Å²) in [5, 5.41) is 20.1. The molecule has 0 aliphatic rings. The van der Waals surface area contributed by atoms with Crippen LogP contribution in [-0.4, -0.2) is 120 Å². The van der Waals surface area contributed by atoms with E-state index < -0.39 is 12.0 Å². The van der Waals surface area contributed by atoms with Crippen molar-refractivity contribution < 1.29 is 52.8 Å². The van der Waals surface area contributed by atoms with Crippen LogP contribution >= 0.6 is 0 Å². The third-order valence-corrected chi connectivity index (χ3v) is 8.47. The molecule has 0 rings (SSSR count). The average Bonchev–Trinajstić information content (AvgIpc) is 3.15. The topological polar surface area (TPSA) is 208 Å². The largest absolute Gasteiger partial charge is 0.480 e. The van der Waals surface area contributed by atoms with Crippen LogP contribution in [-0.2, 0) is 47.7 Å². The van der Waals surface area contributed by atoms with Gasteiger partial charge in [-0.2, -0.15) is 0 Å². The Hall–Kier alpha value is -3.14. The standard InChI is InChI=1S/C39H72N4O11/c1-2-3-22-40-37(47)32-53-30-29-52-27-24-42-38(48)33-54-31-28-51-26-23-41-35(45)21-20-34(39(49)50)43-36(46)19-17-15-13-11-9-7-5-4-6-8-10-12-14-16-18-25-44/h25,34H,2-24,26-33H2,1H3,(H,40,47)(H,41,45)(H,42,48)(H,43,46)(H,49,50)/t34-/m0/s1. The van der Waals surface area contributed by atoms with E-state index in [0.717, 1.165) is 51.2 Å². The highest BCUT2D eigenvalue weighted by atomic mass is 16.5. The Kier molecular flexibility index (Phi) is 37.3. The molecule has 0 fully saturated rings. The Morgan fingerprint density at radius 2 is 0.963 bits per heavy atom. The van der Waals surface area contributed by atoms with Crippen LogP contribution in [0.5, 0.6) is 0 Å². The Bertz CT molecular complexity index is 971. The minimum atomic E-state index is -1.17. The summed E-state index contributed by atoms with van der Waals surface area (Å²) in [4.78, 5) is 69.7.